The number of rotatable bonds is 1. The van der Waals surface area contributed by atoms with E-state index < -0.39 is 11.7 Å². The third-order valence-corrected chi connectivity index (χ3v) is 2.39. The number of hydrogen-bond acceptors (Lipinski definition) is 3. The summed E-state index contributed by atoms with van der Waals surface area (Å²) in [5, 5.41) is 3.55. The Morgan fingerprint density at radius 2 is 1.88 bits per heavy atom. The molecule has 2 aromatic rings. The highest BCUT2D eigenvalue weighted by Crippen LogP contribution is 2.39. The lowest BCUT2D eigenvalue weighted by Gasteiger charge is -2.11. The average molecular weight is 242 g/mol. The van der Waals surface area contributed by atoms with Crippen molar-refractivity contribution in [2.45, 2.75) is 13.1 Å². The Morgan fingerprint density at radius 3 is 2.41 bits per heavy atom. The minimum absolute atomic E-state index is 0.0174. The lowest BCUT2D eigenvalue weighted by atomic mass is 9.99. The van der Waals surface area contributed by atoms with Crippen LogP contribution in [0.3, 0.4) is 0 Å². The molecule has 1 aromatic carbocycles. The van der Waals surface area contributed by atoms with E-state index >= 15 is 0 Å². The number of alkyl halides is 3. The van der Waals surface area contributed by atoms with Crippen molar-refractivity contribution in [3.05, 3.63) is 35.5 Å². The van der Waals surface area contributed by atoms with Crippen molar-refractivity contribution in [1.29, 1.82) is 0 Å². The maximum absolute atomic E-state index is 12.8. The van der Waals surface area contributed by atoms with Crippen LogP contribution in [0.5, 0.6) is 0 Å². The van der Waals surface area contributed by atoms with Crippen LogP contribution in [0.15, 0.2) is 28.8 Å². The highest BCUT2D eigenvalue weighted by atomic mass is 19.4. The number of nitrogens with two attached hydrogens (primary N) is 1. The molecule has 0 atom stereocenters. The van der Waals surface area contributed by atoms with Gasteiger partial charge in [0.1, 0.15) is 0 Å². The number of halogens is 3. The number of hydrogen-bond donors (Lipinski definition) is 1. The molecule has 0 saturated heterocycles. The van der Waals surface area contributed by atoms with Gasteiger partial charge in [0.2, 0.25) is 5.88 Å². The highest BCUT2D eigenvalue weighted by molar-refractivity contribution is 5.77. The lowest BCUT2D eigenvalue weighted by molar-refractivity contribution is -0.137. The Balaban J connectivity index is 2.69. The molecule has 6 heteroatoms. The second-order valence-corrected chi connectivity index (χ2v) is 3.55. The van der Waals surface area contributed by atoms with Crippen molar-refractivity contribution >= 4 is 5.88 Å². The molecule has 3 nitrogen and oxygen atoms in total. The summed E-state index contributed by atoms with van der Waals surface area (Å²) in [6.07, 6.45) is -4.44. The molecule has 90 valence electrons. The van der Waals surface area contributed by atoms with E-state index in [1.54, 1.807) is 6.92 Å². The molecule has 0 saturated carbocycles. The van der Waals surface area contributed by atoms with Crippen molar-refractivity contribution in [3.8, 4) is 11.1 Å². The fourth-order valence-corrected chi connectivity index (χ4v) is 1.66. The van der Waals surface area contributed by atoms with Gasteiger partial charge in [0.05, 0.1) is 16.8 Å². The van der Waals surface area contributed by atoms with E-state index in [2.05, 4.69) is 9.68 Å². The quantitative estimate of drug-likeness (QED) is 0.835. The minimum Gasteiger partial charge on any atom is -0.367 e. The molecule has 0 aliphatic rings. The summed E-state index contributed by atoms with van der Waals surface area (Å²) in [6.45, 7) is 1.54. The minimum atomic E-state index is -4.44. The molecule has 0 unspecified atom stereocenters. The maximum atomic E-state index is 12.8. The van der Waals surface area contributed by atoms with Crippen LogP contribution >= 0.6 is 0 Å². The van der Waals surface area contributed by atoms with Crippen LogP contribution in [-0.4, -0.2) is 5.16 Å². The number of nitrogens with zero attached hydrogens (tertiary/aromatic N) is 1. The van der Waals surface area contributed by atoms with Crippen LogP contribution < -0.4 is 5.73 Å². The van der Waals surface area contributed by atoms with Crippen molar-refractivity contribution in [3.63, 3.8) is 0 Å². The number of aromatic nitrogens is 1. The van der Waals surface area contributed by atoms with Crippen molar-refractivity contribution in [2.75, 3.05) is 5.73 Å². The van der Waals surface area contributed by atoms with Gasteiger partial charge in [-0.2, -0.15) is 13.2 Å². The third-order valence-electron chi connectivity index (χ3n) is 2.39. The standard InChI is InChI=1S/C11H9F3N2O/c1-6-9(10(15)17-16-6)7-4-2-3-5-8(7)11(12,13)14/h2-5H,15H2,1H3. The summed E-state index contributed by atoms with van der Waals surface area (Å²) in [5.74, 6) is -0.112. The van der Waals surface area contributed by atoms with Crippen LogP contribution in [0.1, 0.15) is 11.3 Å². The normalized spacial score (nSPS) is 11.8. The van der Waals surface area contributed by atoms with Crippen LogP contribution in [0.4, 0.5) is 19.1 Å². The topological polar surface area (TPSA) is 52.0 Å². The predicted molar refractivity (Wildman–Crippen MR) is 56.1 cm³/mol. The molecule has 0 aliphatic carbocycles. The number of nitrogen functional groups attached to an aromatic ring is 1. The number of anilines is 1. The third kappa shape index (κ3) is 1.98. The van der Waals surface area contributed by atoms with Gasteiger partial charge in [-0.15, -0.1) is 0 Å². The molecule has 0 bridgehead atoms. The van der Waals surface area contributed by atoms with Gasteiger partial charge >= 0.3 is 6.18 Å². The zero-order valence-electron chi connectivity index (χ0n) is 8.88. The largest absolute Gasteiger partial charge is 0.417 e. The molecule has 0 aliphatic heterocycles. The molecule has 0 amide bonds. The summed E-state index contributed by atoms with van der Waals surface area (Å²) >= 11 is 0. The van der Waals surface area contributed by atoms with Crippen LogP contribution in [0.2, 0.25) is 0 Å². The predicted octanol–water partition coefficient (Wildman–Crippen LogP) is 3.25. The first-order valence-electron chi connectivity index (χ1n) is 4.79. The molecule has 0 spiro atoms. The molecule has 2 rings (SSSR count). The van der Waals surface area contributed by atoms with Gasteiger partial charge in [0.25, 0.3) is 0 Å². The molecule has 1 aromatic heterocycles. The van der Waals surface area contributed by atoms with Crippen LogP contribution in [-0.2, 0) is 6.18 Å². The Morgan fingerprint density at radius 1 is 1.24 bits per heavy atom. The molecular weight excluding hydrogens is 233 g/mol. The Hall–Kier alpha value is -1.98. The van der Waals surface area contributed by atoms with E-state index in [4.69, 9.17) is 5.73 Å². The van der Waals surface area contributed by atoms with Gasteiger partial charge in [-0.3, -0.25) is 0 Å². The van der Waals surface area contributed by atoms with Gasteiger partial charge in [0.15, 0.2) is 0 Å². The fraction of sp³-hybridized carbons (Fsp3) is 0.182. The maximum Gasteiger partial charge on any atom is 0.417 e. The molecule has 0 radical (unpaired) electrons. The van der Waals surface area contributed by atoms with E-state index in [-0.39, 0.29) is 17.0 Å². The van der Waals surface area contributed by atoms with Gasteiger partial charge < -0.3 is 10.3 Å². The number of benzene rings is 1. The molecule has 17 heavy (non-hydrogen) atoms. The summed E-state index contributed by atoms with van der Waals surface area (Å²) in [5.41, 5.74) is 5.24. The highest BCUT2D eigenvalue weighted by Gasteiger charge is 2.34. The first-order chi connectivity index (χ1) is 7.91. The van der Waals surface area contributed by atoms with E-state index in [0.29, 0.717) is 5.69 Å². The summed E-state index contributed by atoms with van der Waals surface area (Å²) in [6, 6.07) is 5.18. The van der Waals surface area contributed by atoms with Gasteiger partial charge in [0, 0.05) is 5.56 Å². The second kappa shape index (κ2) is 3.80. The molecule has 2 N–H and O–H groups in total. The average Bonchev–Trinajstić information content (AvgIpc) is 2.57. The molecular formula is C11H9F3N2O. The Labute approximate surface area is 95.0 Å². The molecule has 0 fully saturated rings. The monoisotopic (exact) mass is 242 g/mol. The van der Waals surface area contributed by atoms with Crippen molar-refractivity contribution < 1.29 is 17.7 Å². The fourth-order valence-electron chi connectivity index (χ4n) is 1.66. The lowest BCUT2D eigenvalue weighted by Crippen LogP contribution is -2.07. The second-order valence-electron chi connectivity index (χ2n) is 3.55. The summed E-state index contributed by atoms with van der Waals surface area (Å²) in [7, 11) is 0. The van der Waals surface area contributed by atoms with Gasteiger partial charge in [-0.25, -0.2) is 0 Å². The Bertz CT molecular complexity index is 526. The molecule has 1 heterocycles. The first kappa shape index (κ1) is 11.5. The van der Waals surface area contributed by atoms with E-state index in [1.165, 1.54) is 18.2 Å². The SMILES string of the molecule is Cc1noc(N)c1-c1ccccc1C(F)(F)F. The van der Waals surface area contributed by atoms with Gasteiger partial charge in [-0.05, 0) is 13.0 Å². The van der Waals surface area contributed by atoms with E-state index in [1.807, 2.05) is 0 Å². The van der Waals surface area contributed by atoms with Gasteiger partial charge in [-0.1, -0.05) is 23.4 Å². The van der Waals surface area contributed by atoms with Crippen molar-refractivity contribution in [1.82, 2.24) is 5.16 Å². The summed E-state index contributed by atoms with van der Waals surface area (Å²) in [4.78, 5) is 0. The Kier molecular flexibility index (Phi) is 2.57. The van der Waals surface area contributed by atoms with E-state index in [9.17, 15) is 13.2 Å². The number of aryl methyl sites for hydroxylation is 1. The van der Waals surface area contributed by atoms with Crippen LogP contribution in [0, 0.1) is 6.92 Å². The zero-order valence-corrected chi connectivity index (χ0v) is 8.88. The van der Waals surface area contributed by atoms with Crippen LogP contribution in [0.25, 0.3) is 11.1 Å². The van der Waals surface area contributed by atoms with E-state index in [0.717, 1.165) is 6.07 Å². The zero-order chi connectivity index (χ0) is 12.6. The first-order valence-corrected chi connectivity index (χ1v) is 4.79. The smallest absolute Gasteiger partial charge is 0.367 e. The summed E-state index contributed by atoms with van der Waals surface area (Å²) < 4.78 is 43.1. The van der Waals surface area contributed by atoms with Crippen molar-refractivity contribution in [2.24, 2.45) is 0 Å².